The highest BCUT2D eigenvalue weighted by Crippen LogP contribution is 2.07. The molecule has 5 heteroatoms. The number of carbonyl (C=O) groups excluding carboxylic acids is 1. The fourth-order valence-corrected chi connectivity index (χ4v) is 1.08. The van der Waals surface area contributed by atoms with Gasteiger partial charge in [0.25, 0.3) is 0 Å². The van der Waals surface area contributed by atoms with Crippen molar-refractivity contribution in [2.45, 2.75) is 32.8 Å². The maximum atomic E-state index is 11.3. The lowest BCUT2D eigenvalue weighted by molar-refractivity contribution is 0.0562. The van der Waals surface area contributed by atoms with Crippen molar-refractivity contribution in [3.8, 4) is 0 Å². The summed E-state index contributed by atoms with van der Waals surface area (Å²) in [5.74, 6) is 0.668. The molecule has 1 rings (SSSR count). The molecule has 0 aromatic rings. The highest BCUT2D eigenvalue weighted by atomic mass is 16.6. The highest BCUT2D eigenvalue weighted by molar-refractivity contribution is 5.96. The molecule has 0 saturated carbocycles. The van der Waals surface area contributed by atoms with Crippen molar-refractivity contribution in [1.82, 2.24) is 10.3 Å². The molecule has 1 aliphatic rings. The van der Waals surface area contributed by atoms with Crippen molar-refractivity contribution < 1.29 is 9.53 Å². The van der Waals surface area contributed by atoms with Crippen molar-refractivity contribution in [3.63, 3.8) is 0 Å². The smallest absolute Gasteiger partial charge is 0.413 e. The Bertz CT molecular complexity index is 255. The maximum Gasteiger partial charge on any atom is 0.413 e. The van der Waals surface area contributed by atoms with Gasteiger partial charge in [-0.25, -0.2) is 4.79 Å². The molecule has 1 amide bonds. The fourth-order valence-electron chi connectivity index (χ4n) is 1.08. The van der Waals surface area contributed by atoms with Gasteiger partial charge in [0.2, 0.25) is 0 Å². The van der Waals surface area contributed by atoms with E-state index in [1.807, 2.05) is 27.8 Å². The van der Waals surface area contributed by atoms with Crippen LogP contribution in [-0.2, 0) is 4.74 Å². The predicted octanol–water partition coefficient (Wildman–Crippen LogP) is 1.16. The summed E-state index contributed by atoms with van der Waals surface area (Å²) in [6.07, 6.45) is 0.321. The second-order valence-electron chi connectivity index (χ2n) is 4.30. The number of alkyl carbamates (subject to hydrolysis) is 1. The van der Waals surface area contributed by atoms with E-state index in [0.717, 1.165) is 13.0 Å². The predicted molar refractivity (Wildman–Crippen MR) is 54.1 cm³/mol. The molecule has 0 unspecified atom stereocenters. The van der Waals surface area contributed by atoms with Gasteiger partial charge in [0.05, 0.1) is 0 Å². The van der Waals surface area contributed by atoms with Crippen molar-refractivity contribution in [2.75, 3.05) is 13.6 Å². The van der Waals surface area contributed by atoms with Gasteiger partial charge in [-0.15, -0.1) is 0 Å². The molecule has 0 fully saturated rings. The van der Waals surface area contributed by atoms with Crippen LogP contribution in [0.25, 0.3) is 0 Å². The zero-order chi connectivity index (χ0) is 10.8. The number of nitrogens with zero attached hydrogens (tertiary/aromatic N) is 2. The molecule has 0 aromatic heterocycles. The number of carbonyl (C=O) groups is 1. The summed E-state index contributed by atoms with van der Waals surface area (Å²) < 4.78 is 5.09. The second kappa shape index (κ2) is 3.86. The van der Waals surface area contributed by atoms with E-state index in [1.54, 1.807) is 5.01 Å². The summed E-state index contributed by atoms with van der Waals surface area (Å²) in [4.78, 5) is 11.3. The topological polar surface area (TPSA) is 53.9 Å². The summed E-state index contributed by atoms with van der Waals surface area (Å²) >= 11 is 0. The minimum atomic E-state index is -0.463. The van der Waals surface area contributed by atoms with Gasteiger partial charge in [-0.1, -0.05) is 0 Å². The van der Waals surface area contributed by atoms with Gasteiger partial charge in [-0.3, -0.25) is 10.3 Å². The Labute approximate surface area is 84.1 Å². The maximum absolute atomic E-state index is 11.3. The van der Waals surface area contributed by atoms with E-state index in [1.165, 1.54) is 0 Å². The molecule has 5 nitrogen and oxygen atoms in total. The van der Waals surface area contributed by atoms with Crippen LogP contribution in [0.15, 0.2) is 5.10 Å². The summed E-state index contributed by atoms with van der Waals surface area (Å²) in [6.45, 7) is 6.32. The van der Waals surface area contributed by atoms with Crippen LogP contribution in [0.4, 0.5) is 4.79 Å². The lowest BCUT2D eigenvalue weighted by Gasteiger charge is -2.19. The Morgan fingerprint density at radius 2 is 2.21 bits per heavy atom. The van der Waals surface area contributed by atoms with Crippen LogP contribution < -0.4 is 5.32 Å². The SMILES string of the molecule is CN1CCC(NC(=O)OC(C)(C)C)=N1. The van der Waals surface area contributed by atoms with Crippen molar-refractivity contribution in [1.29, 1.82) is 0 Å². The number of hydrogen-bond acceptors (Lipinski definition) is 4. The molecule has 1 N–H and O–H groups in total. The standard InChI is InChI=1S/C9H17N3O2/c1-9(2,3)14-8(13)10-7-5-6-12(4)11-7/h5-6H2,1-4H3,(H,10,11,13). The Balaban J connectivity index is 2.38. The number of ether oxygens (including phenoxy) is 1. The summed E-state index contributed by atoms with van der Waals surface area (Å²) in [5, 5.41) is 8.49. The van der Waals surface area contributed by atoms with Crippen LogP contribution in [0.1, 0.15) is 27.2 Å². The van der Waals surface area contributed by atoms with Gasteiger partial charge in [0.15, 0.2) is 0 Å². The van der Waals surface area contributed by atoms with E-state index >= 15 is 0 Å². The molecule has 0 atom stereocenters. The molecule has 0 aliphatic carbocycles. The van der Waals surface area contributed by atoms with Crippen LogP contribution in [0.3, 0.4) is 0 Å². The van der Waals surface area contributed by atoms with E-state index in [2.05, 4.69) is 10.4 Å². The lowest BCUT2D eigenvalue weighted by Crippen LogP contribution is -2.35. The van der Waals surface area contributed by atoms with Gasteiger partial charge >= 0.3 is 6.09 Å². The van der Waals surface area contributed by atoms with E-state index in [4.69, 9.17) is 4.74 Å². The van der Waals surface area contributed by atoms with Gasteiger partial charge in [-0.2, -0.15) is 5.10 Å². The van der Waals surface area contributed by atoms with Crippen molar-refractivity contribution in [2.24, 2.45) is 5.10 Å². The van der Waals surface area contributed by atoms with E-state index < -0.39 is 11.7 Å². The number of hydrogen-bond donors (Lipinski definition) is 1. The Morgan fingerprint density at radius 1 is 1.57 bits per heavy atom. The largest absolute Gasteiger partial charge is 0.444 e. The first-order chi connectivity index (χ1) is 6.37. The van der Waals surface area contributed by atoms with E-state index in [-0.39, 0.29) is 0 Å². The zero-order valence-corrected chi connectivity index (χ0v) is 9.13. The molecular weight excluding hydrogens is 182 g/mol. The number of nitrogens with one attached hydrogen (secondary N) is 1. The van der Waals surface area contributed by atoms with Crippen LogP contribution in [0.5, 0.6) is 0 Å². The fraction of sp³-hybridized carbons (Fsp3) is 0.778. The molecule has 0 radical (unpaired) electrons. The first kappa shape index (κ1) is 10.8. The molecule has 0 saturated heterocycles. The molecular formula is C9H17N3O2. The normalized spacial score (nSPS) is 16.6. The quantitative estimate of drug-likeness (QED) is 0.637. The number of amides is 1. The molecule has 80 valence electrons. The Hall–Kier alpha value is -1.26. The molecule has 1 heterocycles. The summed E-state index contributed by atoms with van der Waals surface area (Å²) in [6, 6.07) is 0. The summed E-state index contributed by atoms with van der Waals surface area (Å²) in [7, 11) is 1.86. The minimum Gasteiger partial charge on any atom is -0.444 e. The van der Waals surface area contributed by atoms with Gasteiger partial charge in [0, 0.05) is 20.0 Å². The van der Waals surface area contributed by atoms with E-state index in [0.29, 0.717) is 5.84 Å². The average Bonchev–Trinajstić information content (AvgIpc) is 2.30. The molecule has 14 heavy (non-hydrogen) atoms. The third-order valence-electron chi connectivity index (χ3n) is 1.61. The third kappa shape index (κ3) is 3.64. The summed E-state index contributed by atoms with van der Waals surface area (Å²) in [5.41, 5.74) is -0.463. The van der Waals surface area contributed by atoms with Crippen molar-refractivity contribution in [3.05, 3.63) is 0 Å². The highest BCUT2D eigenvalue weighted by Gasteiger charge is 2.19. The monoisotopic (exact) mass is 199 g/mol. The van der Waals surface area contributed by atoms with E-state index in [9.17, 15) is 4.79 Å². The minimum absolute atomic E-state index is 0.438. The van der Waals surface area contributed by atoms with Crippen molar-refractivity contribution >= 4 is 11.9 Å². The van der Waals surface area contributed by atoms with Gasteiger partial charge < -0.3 is 4.74 Å². The molecule has 0 aromatic carbocycles. The van der Waals surface area contributed by atoms with Crippen LogP contribution >= 0.6 is 0 Å². The van der Waals surface area contributed by atoms with Crippen LogP contribution in [-0.4, -0.2) is 36.1 Å². The Morgan fingerprint density at radius 3 is 2.64 bits per heavy atom. The molecule has 0 spiro atoms. The first-order valence-electron chi connectivity index (χ1n) is 4.65. The number of hydrazone groups is 1. The Kier molecular flexibility index (Phi) is 2.98. The third-order valence-corrected chi connectivity index (χ3v) is 1.61. The molecule has 0 bridgehead atoms. The lowest BCUT2D eigenvalue weighted by atomic mass is 10.2. The molecule has 1 aliphatic heterocycles. The second-order valence-corrected chi connectivity index (χ2v) is 4.30. The number of rotatable bonds is 0. The average molecular weight is 199 g/mol. The zero-order valence-electron chi connectivity index (χ0n) is 9.13. The van der Waals surface area contributed by atoms with Crippen LogP contribution in [0, 0.1) is 0 Å². The first-order valence-corrected chi connectivity index (χ1v) is 4.65. The number of amidine groups is 1. The van der Waals surface area contributed by atoms with Crippen LogP contribution in [0.2, 0.25) is 0 Å². The van der Waals surface area contributed by atoms with Gasteiger partial charge in [0.1, 0.15) is 11.4 Å². The van der Waals surface area contributed by atoms with Gasteiger partial charge in [-0.05, 0) is 20.8 Å².